The summed E-state index contributed by atoms with van der Waals surface area (Å²) in [6.07, 6.45) is 3.96. The van der Waals surface area contributed by atoms with E-state index in [4.69, 9.17) is 4.74 Å². The molecule has 1 heterocycles. The van der Waals surface area contributed by atoms with Crippen LogP contribution >= 0.6 is 0 Å². The second-order valence-corrected chi connectivity index (χ2v) is 4.28. The summed E-state index contributed by atoms with van der Waals surface area (Å²) in [5.41, 5.74) is 2.28. The topological polar surface area (TPSA) is 127 Å². The van der Waals surface area contributed by atoms with Crippen molar-refractivity contribution in [3.63, 3.8) is 0 Å². The maximum atomic E-state index is 11.8. The molecule has 1 aromatic carbocycles. The highest BCUT2D eigenvalue weighted by Gasteiger charge is 2.15. The Morgan fingerprint density at radius 3 is 2.91 bits per heavy atom. The molecule has 0 aliphatic rings. The van der Waals surface area contributed by atoms with Crippen molar-refractivity contribution >= 4 is 17.8 Å². The predicted molar refractivity (Wildman–Crippen MR) is 80.6 cm³/mol. The number of aromatic nitrogens is 1. The first kappa shape index (κ1) is 15.9. The van der Waals surface area contributed by atoms with E-state index in [9.17, 15) is 20.0 Å². The number of hydrogen-bond acceptors (Lipinski definition) is 7. The summed E-state index contributed by atoms with van der Waals surface area (Å²) in [4.78, 5) is 25.8. The molecule has 0 saturated carbocycles. The van der Waals surface area contributed by atoms with Gasteiger partial charge in [0.15, 0.2) is 11.5 Å². The molecule has 0 saturated heterocycles. The first-order chi connectivity index (χ1) is 11.0. The van der Waals surface area contributed by atoms with Crippen LogP contribution in [0.5, 0.6) is 11.5 Å². The fourth-order valence-electron chi connectivity index (χ4n) is 1.70. The van der Waals surface area contributed by atoms with Gasteiger partial charge in [0.05, 0.1) is 29.9 Å². The highest BCUT2D eigenvalue weighted by molar-refractivity contribution is 5.95. The minimum Gasteiger partial charge on any atom is -0.504 e. The number of benzene rings is 1. The van der Waals surface area contributed by atoms with Gasteiger partial charge in [-0.1, -0.05) is 0 Å². The van der Waals surface area contributed by atoms with Crippen molar-refractivity contribution in [1.29, 1.82) is 0 Å². The second kappa shape index (κ2) is 6.98. The van der Waals surface area contributed by atoms with E-state index in [2.05, 4.69) is 15.5 Å². The lowest BCUT2D eigenvalue weighted by molar-refractivity contribution is -0.385. The van der Waals surface area contributed by atoms with Gasteiger partial charge in [-0.05, 0) is 12.1 Å². The SMILES string of the molecule is COc1cc([N+](=O)[O-])cc(C=NNC(=O)c2cccnc2)c1O. The number of hydrazone groups is 1. The monoisotopic (exact) mass is 316 g/mol. The number of non-ortho nitro benzene ring substituents is 1. The molecule has 9 nitrogen and oxygen atoms in total. The van der Waals surface area contributed by atoms with E-state index in [1.54, 1.807) is 12.1 Å². The zero-order valence-electron chi connectivity index (χ0n) is 12.0. The summed E-state index contributed by atoms with van der Waals surface area (Å²) < 4.78 is 4.86. The molecule has 2 rings (SSSR count). The maximum Gasteiger partial charge on any atom is 0.274 e. The minimum atomic E-state index is -0.631. The lowest BCUT2D eigenvalue weighted by Gasteiger charge is -2.06. The number of nitrogens with one attached hydrogen (secondary N) is 1. The molecular weight excluding hydrogens is 304 g/mol. The van der Waals surface area contributed by atoms with Gasteiger partial charge in [0.1, 0.15) is 0 Å². The molecule has 2 N–H and O–H groups in total. The van der Waals surface area contributed by atoms with E-state index in [0.717, 1.165) is 18.3 Å². The number of phenolic OH excluding ortho intramolecular Hbond substituents is 1. The normalized spacial score (nSPS) is 10.5. The molecule has 0 spiro atoms. The molecular formula is C14H12N4O5. The molecule has 0 fully saturated rings. The summed E-state index contributed by atoms with van der Waals surface area (Å²) in [6, 6.07) is 5.33. The van der Waals surface area contributed by atoms with Crippen molar-refractivity contribution in [2.75, 3.05) is 7.11 Å². The van der Waals surface area contributed by atoms with Gasteiger partial charge in [0.25, 0.3) is 11.6 Å². The molecule has 0 atom stereocenters. The molecule has 0 radical (unpaired) electrons. The zero-order valence-corrected chi connectivity index (χ0v) is 12.0. The Morgan fingerprint density at radius 2 is 2.30 bits per heavy atom. The number of carbonyl (C=O) groups is 1. The lowest BCUT2D eigenvalue weighted by atomic mass is 10.2. The van der Waals surface area contributed by atoms with Gasteiger partial charge < -0.3 is 9.84 Å². The van der Waals surface area contributed by atoms with Crippen LogP contribution in [0.25, 0.3) is 0 Å². The molecule has 118 valence electrons. The molecule has 0 aliphatic heterocycles. The largest absolute Gasteiger partial charge is 0.504 e. The van der Waals surface area contributed by atoms with Gasteiger partial charge in [-0.3, -0.25) is 19.9 Å². The van der Waals surface area contributed by atoms with Crippen molar-refractivity contribution in [1.82, 2.24) is 10.4 Å². The highest BCUT2D eigenvalue weighted by Crippen LogP contribution is 2.33. The lowest BCUT2D eigenvalue weighted by Crippen LogP contribution is -2.17. The molecule has 0 unspecified atom stereocenters. The van der Waals surface area contributed by atoms with Gasteiger partial charge in [-0.25, -0.2) is 5.43 Å². The van der Waals surface area contributed by atoms with Gasteiger partial charge in [0, 0.05) is 24.0 Å². The average molecular weight is 316 g/mol. The number of hydrogen-bond donors (Lipinski definition) is 2. The minimum absolute atomic E-state index is 0.0301. The summed E-state index contributed by atoms with van der Waals surface area (Å²) >= 11 is 0. The van der Waals surface area contributed by atoms with E-state index >= 15 is 0 Å². The maximum absolute atomic E-state index is 11.8. The quantitative estimate of drug-likeness (QED) is 0.488. The molecule has 23 heavy (non-hydrogen) atoms. The van der Waals surface area contributed by atoms with Crippen molar-refractivity contribution in [2.24, 2.45) is 5.10 Å². The second-order valence-electron chi connectivity index (χ2n) is 4.28. The Hall–Kier alpha value is -3.49. The number of nitrogens with zero attached hydrogens (tertiary/aromatic N) is 3. The highest BCUT2D eigenvalue weighted by atomic mass is 16.6. The molecule has 0 bridgehead atoms. The number of phenols is 1. The van der Waals surface area contributed by atoms with E-state index in [-0.39, 0.29) is 22.7 Å². The van der Waals surface area contributed by atoms with Crippen LogP contribution in [0.2, 0.25) is 0 Å². The summed E-state index contributed by atoms with van der Waals surface area (Å²) in [5, 5.41) is 24.4. The number of nitro benzene ring substituents is 1. The van der Waals surface area contributed by atoms with Crippen LogP contribution in [0, 0.1) is 10.1 Å². The van der Waals surface area contributed by atoms with Gasteiger partial charge in [-0.15, -0.1) is 0 Å². The zero-order chi connectivity index (χ0) is 16.8. The van der Waals surface area contributed by atoms with Crippen LogP contribution in [-0.4, -0.2) is 34.2 Å². The first-order valence-corrected chi connectivity index (χ1v) is 6.31. The number of ether oxygens (including phenoxy) is 1. The summed E-state index contributed by atoms with van der Waals surface area (Å²) in [5.74, 6) is -0.900. The predicted octanol–water partition coefficient (Wildman–Crippen LogP) is 1.47. The Balaban J connectivity index is 2.20. The fourth-order valence-corrected chi connectivity index (χ4v) is 1.70. The number of pyridine rings is 1. The van der Waals surface area contributed by atoms with Crippen molar-refractivity contribution in [3.05, 3.63) is 57.9 Å². The number of amides is 1. The van der Waals surface area contributed by atoms with Gasteiger partial charge in [-0.2, -0.15) is 5.10 Å². The molecule has 1 amide bonds. The Kier molecular flexibility index (Phi) is 4.82. The third-order valence-electron chi connectivity index (χ3n) is 2.81. The standard InChI is InChI=1S/C14H12N4O5/c1-23-12-6-11(18(21)22)5-10(13(12)19)8-16-17-14(20)9-3-2-4-15-7-9/h2-8,19H,1H3,(H,17,20). The van der Waals surface area contributed by atoms with Crippen LogP contribution in [0.1, 0.15) is 15.9 Å². The summed E-state index contributed by atoms with van der Waals surface area (Å²) in [7, 11) is 1.27. The Labute approximate surface area is 130 Å². The molecule has 0 aliphatic carbocycles. The molecule has 2 aromatic rings. The van der Waals surface area contributed by atoms with Gasteiger partial charge in [0.2, 0.25) is 0 Å². The number of aromatic hydroxyl groups is 1. The first-order valence-electron chi connectivity index (χ1n) is 6.31. The number of carbonyl (C=O) groups excluding carboxylic acids is 1. The molecule has 9 heteroatoms. The van der Waals surface area contributed by atoms with Crippen molar-refractivity contribution in [2.45, 2.75) is 0 Å². The Morgan fingerprint density at radius 1 is 1.52 bits per heavy atom. The van der Waals surface area contributed by atoms with E-state index in [0.29, 0.717) is 5.56 Å². The average Bonchev–Trinajstić information content (AvgIpc) is 2.56. The van der Waals surface area contributed by atoms with Crippen LogP contribution in [0.3, 0.4) is 0 Å². The number of rotatable bonds is 5. The van der Waals surface area contributed by atoms with Crippen LogP contribution in [0.15, 0.2) is 41.8 Å². The van der Waals surface area contributed by atoms with Crippen LogP contribution < -0.4 is 10.2 Å². The van der Waals surface area contributed by atoms with E-state index in [1.807, 2.05) is 0 Å². The van der Waals surface area contributed by atoms with E-state index < -0.39 is 10.8 Å². The van der Waals surface area contributed by atoms with Crippen molar-refractivity contribution in [3.8, 4) is 11.5 Å². The number of nitro groups is 1. The third kappa shape index (κ3) is 3.79. The summed E-state index contributed by atoms with van der Waals surface area (Å²) in [6.45, 7) is 0. The van der Waals surface area contributed by atoms with E-state index in [1.165, 1.54) is 19.5 Å². The third-order valence-corrected chi connectivity index (χ3v) is 2.81. The van der Waals surface area contributed by atoms with Gasteiger partial charge >= 0.3 is 0 Å². The molecule has 1 aromatic heterocycles. The van der Waals surface area contributed by atoms with Crippen LogP contribution in [0.4, 0.5) is 5.69 Å². The van der Waals surface area contributed by atoms with Crippen molar-refractivity contribution < 1.29 is 19.6 Å². The number of methoxy groups -OCH3 is 1. The fraction of sp³-hybridized carbons (Fsp3) is 0.0714. The smallest absolute Gasteiger partial charge is 0.274 e. The Bertz CT molecular complexity index is 761. The van der Waals surface area contributed by atoms with Crippen LogP contribution in [-0.2, 0) is 0 Å².